The molecule has 0 radical (unpaired) electrons. The first kappa shape index (κ1) is 18.6. The number of Topliss-reactive ketones (excluding diaryl/α,β-unsaturated/α-hetero) is 1. The molecule has 2 aliphatic heterocycles. The van der Waals surface area contributed by atoms with Crippen LogP contribution in [-0.4, -0.2) is 22.4 Å². The summed E-state index contributed by atoms with van der Waals surface area (Å²) in [5, 5.41) is 0. The van der Waals surface area contributed by atoms with Crippen LogP contribution in [0.25, 0.3) is 6.08 Å². The van der Waals surface area contributed by atoms with Crippen LogP contribution in [0.4, 0.5) is 0 Å². The molecule has 0 aliphatic carbocycles. The number of nitrogens with zero attached hydrogens (tertiary/aromatic N) is 2. The first-order valence-electron chi connectivity index (χ1n) is 10.00. The molecule has 1 aromatic heterocycles. The normalized spacial score (nSPS) is 16.7. The van der Waals surface area contributed by atoms with E-state index in [1.54, 1.807) is 12.4 Å². The Bertz CT molecular complexity index is 1170. The lowest BCUT2D eigenvalue weighted by atomic mass is 9.99. The summed E-state index contributed by atoms with van der Waals surface area (Å²) in [4.78, 5) is 19.3. The van der Waals surface area contributed by atoms with Gasteiger partial charge in [0.2, 0.25) is 5.78 Å². The monoisotopic (exact) mass is 398 g/mol. The summed E-state index contributed by atoms with van der Waals surface area (Å²) in [7, 11) is 0. The molecule has 0 spiro atoms. The van der Waals surface area contributed by atoms with E-state index in [0.29, 0.717) is 23.8 Å². The SMILES string of the molecule is Cc1cccc(/C=C2\Oc3c(cc4c(c3C)OCN(Cc3ccncc3)C4)C2=O)c1. The highest BCUT2D eigenvalue weighted by molar-refractivity contribution is 6.15. The molecule has 0 unspecified atom stereocenters. The Hall–Kier alpha value is -3.44. The second kappa shape index (κ2) is 7.43. The predicted octanol–water partition coefficient (Wildman–Crippen LogP) is 4.67. The third kappa shape index (κ3) is 3.37. The summed E-state index contributed by atoms with van der Waals surface area (Å²) in [5.41, 5.74) is 5.78. The molecule has 5 rings (SSSR count). The van der Waals surface area contributed by atoms with Crippen LogP contribution in [0.15, 0.2) is 60.6 Å². The van der Waals surface area contributed by atoms with Crippen LogP contribution in [0.2, 0.25) is 0 Å². The Morgan fingerprint density at radius 1 is 1.10 bits per heavy atom. The number of hydrogen-bond donors (Lipinski definition) is 0. The number of benzene rings is 2. The Balaban J connectivity index is 1.44. The highest BCUT2D eigenvalue weighted by Gasteiger charge is 2.33. The van der Waals surface area contributed by atoms with E-state index in [9.17, 15) is 4.79 Å². The van der Waals surface area contributed by atoms with Gasteiger partial charge in [0.1, 0.15) is 18.2 Å². The van der Waals surface area contributed by atoms with Gasteiger partial charge in [-0.05, 0) is 49.2 Å². The number of hydrogen-bond acceptors (Lipinski definition) is 5. The van der Waals surface area contributed by atoms with E-state index in [-0.39, 0.29) is 5.78 Å². The minimum absolute atomic E-state index is 0.0799. The number of carbonyl (C=O) groups excluding carboxylic acids is 1. The number of carbonyl (C=O) groups is 1. The summed E-state index contributed by atoms with van der Waals surface area (Å²) < 4.78 is 12.1. The topological polar surface area (TPSA) is 51.7 Å². The molecule has 5 heteroatoms. The number of aromatic nitrogens is 1. The molecule has 2 aliphatic rings. The van der Waals surface area contributed by atoms with E-state index < -0.39 is 0 Å². The van der Waals surface area contributed by atoms with Crippen LogP contribution in [-0.2, 0) is 13.1 Å². The molecule has 0 saturated carbocycles. The Morgan fingerprint density at radius 3 is 2.73 bits per heavy atom. The fraction of sp³-hybridized carbons (Fsp3) is 0.200. The predicted molar refractivity (Wildman–Crippen MR) is 114 cm³/mol. The molecular formula is C25H22N2O3. The van der Waals surface area contributed by atoms with Crippen molar-refractivity contribution in [3.05, 3.63) is 94.0 Å². The Morgan fingerprint density at radius 2 is 1.93 bits per heavy atom. The van der Waals surface area contributed by atoms with Gasteiger partial charge in [-0.3, -0.25) is 14.7 Å². The van der Waals surface area contributed by atoms with Crippen LogP contribution in [0.5, 0.6) is 11.5 Å². The summed E-state index contributed by atoms with van der Waals surface area (Å²) in [5.74, 6) is 1.71. The molecule has 5 nitrogen and oxygen atoms in total. The summed E-state index contributed by atoms with van der Waals surface area (Å²) in [6.45, 7) is 5.96. The minimum atomic E-state index is -0.0799. The van der Waals surface area contributed by atoms with Gasteiger partial charge in [0.05, 0.1) is 5.56 Å². The zero-order chi connectivity index (χ0) is 20.7. The fourth-order valence-electron chi connectivity index (χ4n) is 4.06. The van der Waals surface area contributed by atoms with E-state index in [1.165, 1.54) is 5.56 Å². The van der Waals surface area contributed by atoms with Gasteiger partial charge < -0.3 is 9.47 Å². The minimum Gasteiger partial charge on any atom is -0.477 e. The number of ketones is 1. The van der Waals surface area contributed by atoms with Crippen LogP contribution >= 0.6 is 0 Å². The molecule has 2 aromatic carbocycles. The first-order chi connectivity index (χ1) is 14.6. The fourth-order valence-corrected chi connectivity index (χ4v) is 4.06. The van der Waals surface area contributed by atoms with Gasteiger partial charge in [0.25, 0.3) is 0 Å². The summed E-state index contributed by atoms with van der Waals surface area (Å²) in [6, 6.07) is 13.9. The van der Waals surface area contributed by atoms with E-state index in [2.05, 4.69) is 9.88 Å². The van der Waals surface area contributed by atoms with Crippen molar-refractivity contribution < 1.29 is 14.3 Å². The van der Waals surface area contributed by atoms with Gasteiger partial charge in [-0.15, -0.1) is 0 Å². The second-order valence-electron chi connectivity index (χ2n) is 7.84. The number of allylic oxidation sites excluding steroid dienone is 1. The van der Waals surface area contributed by atoms with E-state index in [1.807, 2.05) is 62.4 Å². The van der Waals surface area contributed by atoms with Crippen LogP contribution < -0.4 is 9.47 Å². The van der Waals surface area contributed by atoms with Gasteiger partial charge in [-0.25, -0.2) is 0 Å². The lowest BCUT2D eigenvalue weighted by molar-refractivity contribution is 0.0876. The maximum Gasteiger partial charge on any atom is 0.231 e. The lowest BCUT2D eigenvalue weighted by Gasteiger charge is -2.30. The van der Waals surface area contributed by atoms with Gasteiger partial charge in [-0.2, -0.15) is 0 Å². The van der Waals surface area contributed by atoms with Crippen molar-refractivity contribution in [2.75, 3.05) is 6.73 Å². The molecule has 0 bridgehead atoms. The molecule has 30 heavy (non-hydrogen) atoms. The smallest absolute Gasteiger partial charge is 0.231 e. The van der Waals surface area contributed by atoms with Crippen molar-refractivity contribution in [2.45, 2.75) is 26.9 Å². The maximum atomic E-state index is 13.0. The zero-order valence-electron chi connectivity index (χ0n) is 17.0. The molecule has 0 fully saturated rings. The molecule has 0 amide bonds. The van der Waals surface area contributed by atoms with Gasteiger partial charge in [0, 0.05) is 36.6 Å². The molecule has 0 atom stereocenters. The molecule has 0 N–H and O–H groups in total. The third-order valence-electron chi connectivity index (χ3n) is 5.50. The Labute approximate surface area is 175 Å². The third-order valence-corrected chi connectivity index (χ3v) is 5.50. The zero-order valence-corrected chi connectivity index (χ0v) is 17.0. The molecule has 0 saturated heterocycles. The highest BCUT2D eigenvalue weighted by atomic mass is 16.5. The summed E-state index contributed by atoms with van der Waals surface area (Å²) in [6.07, 6.45) is 5.40. The lowest BCUT2D eigenvalue weighted by Crippen LogP contribution is -2.32. The standard InChI is InChI=1S/C25H22N2O3/c1-16-4-3-5-19(10-16)11-22-23(28)21-12-20-14-27(13-18-6-8-26-9-7-18)15-29-24(20)17(2)25(21)30-22/h3-12H,13-15H2,1-2H3/b22-11-. The number of rotatable bonds is 3. The van der Waals surface area contributed by atoms with Crippen molar-refractivity contribution in [3.8, 4) is 11.5 Å². The number of aryl methyl sites for hydroxylation is 1. The van der Waals surface area contributed by atoms with Gasteiger partial charge in [-0.1, -0.05) is 29.8 Å². The first-order valence-corrected chi connectivity index (χ1v) is 10.00. The van der Waals surface area contributed by atoms with Crippen molar-refractivity contribution in [1.29, 1.82) is 0 Å². The van der Waals surface area contributed by atoms with Crippen molar-refractivity contribution in [1.82, 2.24) is 9.88 Å². The van der Waals surface area contributed by atoms with E-state index in [0.717, 1.165) is 41.1 Å². The number of fused-ring (bicyclic) bond motifs is 2. The van der Waals surface area contributed by atoms with Crippen molar-refractivity contribution in [2.24, 2.45) is 0 Å². The van der Waals surface area contributed by atoms with Crippen LogP contribution in [0, 0.1) is 13.8 Å². The molecule has 3 heterocycles. The van der Waals surface area contributed by atoms with Gasteiger partial charge in [0.15, 0.2) is 5.76 Å². The second-order valence-corrected chi connectivity index (χ2v) is 7.84. The van der Waals surface area contributed by atoms with E-state index >= 15 is 0 Å². The van der Waals surface area contributed by atoms with Crippen molar-refractivity contribution in [3.63, 3.8) is 0 Å². The van der Waals surface area contributed by atoms with Crippen molar-refractivity contribution >= 4 is 11.9 Å². The van der Waals surface area contributed by atoms with E-state index in [4.69, 9.17) is 9.47 Å². The molecule has 150 valence electrons. The summed E-state index contributed by atoms with van der Waals surface area (Å²) >= 11 is 0. The van der Waals surface area contributed by atoms with Crippen LogP contribution in [0.3, 0.4) is 0 Å². The average molecular weight is 398 g/mol. The highest BCUT2D eigenvalue weighted by Crippen LogP contribution is 2.43. The quantitative estimate of drug-likeness (QED) is 0.600. The maximum absolute atomic E-state index is 13.0. The average Bonchev–Trinajstić information content (AvgIpc) is 3.05. The number of pyridine rings is 1. The molecular weight excluding hydrogens is 376 g/mol. The van der Waals surface area contributed by atoms with Gasteiger partial charge >= 0.3 is 0 Å². The number of ether oxygens (including phenoxy) is 2. The van der Waals surface area contributed by atoms with Crippen LogP contribution in [0.1, 0.15) is 38.2 Å². The largest absolute Gasteiger partial charge is 0.477 e. The Kier molecular flexibility index (Phi) is 4.60. The molecule has 3 aromatic rings.